The molecule has 3 atom stereocenters. The highest BCUT2D eigenvalue weighted by atomic mass is 16.5. The van der Waals surface area contributed by atoms with E-state index in [4.69, 9.17) is 4.74 Å². The van der Waals surface area contributed by atoms with Crippen molar-refractivity contribution in [2.75, 3.05) is 6.61 Å². The average Bonchev–Trinajstić information content (AvgIpc) is 3.07. The largest absolute Gasteiger partial charge is 0.463 e. The fraction of sp³-hybridized carbons (Fsp3) is 0.769. The molecular weight excluding hydrogens is 392 g/mol. The zero-order chi connectivity index (χ0) is 23.1. The first-order valence-electron chi connectivity index (χ1n) is 12.4. The van der Waals surface area contributed by atoms with Crippen LogP contribution in [-0.2, 0) is 23.9 Å². The summed E-state index contributed by atoms with van der Waals surface area (Å²) < 4.78 is 4.86. The van der Waals surface area contributed by atoms with Gasteiger partial charge in [-0.3, -0.25) is 14.4 Å². The fourth-order valence-corrected chi connectivity index (χ4v) is 4.56. The van der Waals surface area contributed by atoms with Crippen LogP contribution in [0.15, 0.2) is 12.2 Å². The molecule has 5 nitrogen and oxygen atoms in total. The van der Waals surface area contributed by atoms with Crippen LogP contribution >= 0.6 is 0 Å². The van der Waals surface area contributed by atoms with Gasteiger partial charge in [-0.1, -0.05) is 64.9 Å². The van der Waals surface area contributed by atoms with E-state index in [1.54, 1.807) is 13.8 Å². The Kier molecular flexibility index (Phi) is 14.0. The number of allylic oxidation sites excluding steroid dienone is 1. The van der Waals surface area contributed by atoms with Crippen molar-refractivity contribution >= 4 is 23.3 Å². The summed E-state index contributed by atoms with van der Waals surface area (Å²) in [5.74, 6) is -1.83. The summed E-state index contributed by atoms with van der Waals surface area (Å²) in [6.07, 6.45) is 15.5. The normalized spacial score (nSPS) is 21.0. The Morgan fingerprint density at radius 2 is 1.61 bits per heavy atom. The number of ether oxygens (including phenoxy) is 1. The lowest BCUT2D eigenvalue weighted by molar-refractivity contribution is -0.142. The highest BCUT2D eigenvalue weighted by Gasteiger charge is 2.45. The van der Waals surface area contributed by atoms with E-state index in [1.165, 1.54) is 38.2 Å². The molecule has 0 saturated heterocycles. The molecule has 1 fully saturated rings. The third kappa shape index (κ3) is 9.92. The molecule has 31 heavy (non-hydrogen) atoms. The second-order valence-electron chi connectivity index (χ2n) is 8.69. The summed E-state index contributed by atoms with van der Waals surface area (Å²) in [5, 5.41) is 0. The molecule has 5 heteroatoms. The molecule has 0 aromatic carbocycles. The van der Waals surface area contributed by atoms with Crippen molar-refractivity contribution < 1.29 is 23.9 Å². The van der Waals surface area contributed by atoms with Crippen LogP contribution in [0.3, 0.4) is 0 Å². The lowest BCUT2D eigenvalue weighted by Gasteiger charge is -2.18. The third-order valence-corrected chi connectivity index (χ3v) is 6.33. The summed E-state index contributed by atoms with van der Waals surface area (Å²) in [5.41, 5.74) is 0. The van der Waals surface area contributed by atoms with Gasteiger partial charge in [-0.2, -0.15) is 0 Å². The van der Waals surface area contributed by atoms with Crippen LogP contribution in [0.25, 0.3) is 0 Å². The minimum Gasteiger partial charge on any atom is -0.463 e. The second kappa shape index (κ2) is 15.9. The molecule has 0 aromatic rings. The van der Waals surface area contributed by atoms with E-state index in [9.17, 15) is 19.2 Å². The van der Waals surface area contributed by atoms with Gasteiger partial charge in [-0.25, -0.2) is 4.79 Å². The van der Waals surface area contributed by atoms with E-state index in [-0.39, 0.29) is 30.0 Å². The first kappa shape index (κ1) is 27.3. The third-order valence-electron chi connectivity index (χ3n) is 6.33. The Bertz CT molecular complexity index is 607. The van der Waals surface area contributed by atoms with E-state index in [2.05, 4.69) is 6.92 Å². The Balaban J connectivity index is 2.56. The minimum absolute atomic E-state index is 0.00940. The number of carbonyl (C=O) groups excluding carboxylic acids is 4. The number of Topliss-reactive ketones (excluding diaryl/α,β-unsaturated/α-hetero) is 3. The Labute approximate surface area is 188 Å². The van der Waals surface area contributed by atoms with Crippen molar-refractivity contribution in [3.05, 3.63) is 12.2 Å². The second-order valence-corrected chi connectivity index (χ2v) is 8.69. The molecule has 1 aliphatic rings. The molecule has 1 aliphatic carbocycles. The van der Waals surface area contributed by atoms with Gasteiger partial charge >= 0.3 is 5.97 Å². The standard InChI is InChI=1S/C26H42O5/c1-4-7-8-9-10-13-16-20-19-22(26(30)23(27)5-2)25(29)21(20)17-14-11-12-15-18-24(28)31-6-3/h15,18,20-22H,4-14,16-17,19H2,1-3H3/t20-,21+,22?/m0/s1. The van der Waals surface area contributed by atoms with Crippen molar-refractivity contribution in [2.24, 2.45) is 17.8 Å². The van der Waals surface area contributed by atoms with E-state index in [0.29, 0.717) is 13.0 Å². The van der Waals surface area contributed by atoms with Gasteiger partial charge < -0.3 is 4.74 Å². The number of ketones is 3. The predicted molar refractivity (Wildman–Crippen MR) is 123 cm³/mol. The zero-order valence-electron chi connectivity index (χ0n) is 19.8. The van der Waals surface area contributed by atoms with Gasteiger partial charge in [-0.05, 0) is 44.9 Å². The van der Waals surface area contributed by atoms with E-state index in [1.807, 2.05) is 6.08 Å². The van der Waals surface area contributed by atoms with E-state index in [0.717, 1.165) is 38.5 Å². The van der Waals surface area contributed by atoms with Crippen molar-refractivity contribution in [2.45, 2.75) is 104 Å². The van der Waals surface area contributed by atoms with Crippen molar-refractivity contribution in [3.63, 3.8) is 0 Å². The maximum absolute atomic E-state index is 13.0. The van der Waals surface area contributed by atoms with E-state index < -0.39 is 17.5 Å². The first-order valence-corrected chi connectivity index (χ1v) is 12.4. The molecule has 1 saturated carbocycles. The van der Waals surface area contributed by atoms with Gasteiger partial charge in [0.1, 0.15) is 5.78 Å². The summed E-state index contributed by atoms with van der Waals surface area (Å²) in [7, 11) is 0. The van der Waals surface area contributed by atoms with Crippen LogP contribution in [0.5, 0.6) is 0 Å². The molecule has 1 unspecified atom stereocenters. The average molecular weight is 435 g/mol. The van der Waals surface area contributed by atoms with Crippen LogP contribution in [0.4, 0.5) is 0 Å². The number of esters is 1. The number of carbonyl (C=O) groups is 4. The highest BCUT2D eigenvalue weighted by Crippen LogP contribution is 2.40. The summed E-state index contributed by atoms with van der Waals surface area (Å²) in [6, 6.07) is 0. The molecular formula is C26H42O5. The molecule has 0 spiro atoms. The van der Waals surface area contributed by atoms with Gasteiger partial charge in [0.15, 0.2) is 5.78 Å². The predicted octanol–water partition coefficient (Wildman–Crippen LogP) is 5.79. The van der Waals surface area contributed by atoms with Crippen LogP contribution in [-0.4, -0.2) is 29.9 Å². The topological polar surface area (TPSA) is 77.5 Å². The molecule has 0 N–H and O–H groups in total. The maximum atomic E-state index is 13.0. The Morgan fingerprint density at radius 1 is 0.935 bits per heavy atom. The first-order chi connectivity index (χ1) is 15.0. The SMILES string of the molecule is CCCCCCCC[C@H]1CC(C(=O)C(=O)CC)C(=O)[C@@H]1CCCCC=CC(=O)OCC. The molecule has 0 amide bonds. The minimum atomic E-state index is -0.716. The number of hydrogen-bond donors (Lipinski definition) is 0. The fourth-order valence-electron chi connectivity index (χ4n) is 4.56. The van der Waals surface area contributed by atoms with Crippen LogP contribution in [0, 0.1) is 17.8 Å². The van der Waals surface area contributed by atoms with Gasteiger partial charge in [-0.15, -0.1) is 0 Å². The summed E-state index contributed by atoms with van der Waals surface area (Å²) in [6.45, 7) is 6.02. The Morgan fingerprint density at radius 3 is 2.29 bits per heavy atom. The van der Waals surface area contributed by atoms with Crippen molar-refractivity contribution in [1.29, 1.82) is 0 Å². The number of rotatable bonds is 17. The number of unbranched alkanes of at least 4 members (excludes halogenated alkanes) is 7. The highest BCUT2D eigenvalue weighted by molar-refractivity contribution is 6.41. The summed E-state index contributed by atoms with van der Waals surface area (Å²) in [4.78, 5) is 48.6. The lowest BCUT2D eigenvalue weighted by atomic mass is 9.86. The number of hydrogen-bond acceptors (Lipinski definition) is 5. The van der Waals surface area contributed by atoms with Crippen LogP contribution in [0.2, 0.25) is 0 Å². The van der Waals surface area contributed by atoms with Crippen molar-refractivity contribution in [3.8, 4) is 0 Å². The maximum Gasteiger partial charge on any atom is 0.330 e. The van der Waals surface area contributed by atoms with Crippen LogP contribution in [0.1, 0.15) is 104 Å². The molecule has 176 valence electrons. The van der Waals surface area contributed by atoms with Gasteiger partial charge in [0, 0.05) is 18.4 Å². The Hall–Kier alpha value is -1.78. The quantitative estimate of drug-likeness (QED) is 0.0952. The monoisotopic (exact) mass is 434 g/mol. The van der Waals surface area contributed by atoms with Crippen LogP contribution < -0.4 is 0 Å². The van der Waals surface area contributed by atoms with Gasteiger partial charge in [0.2, 0.25) is 5.78 Å². The van der Waals surface area contributed by atoms with E-state index >= 15 is 0 Å². The molecule has 0 aromatic heterocycles. The van der Waals surface area contributed by atoms with Gasteiger partial charge in [0.05, 0.1) is 12.5 Å². The summed E-state index contributed by atoms with van der Waals surface area (Å²) >= 11 is 0. The van der Waals surface area contributed by atoms with Gasteiger partial charge in [0.25, 0.3) is 0 Å². The smallest absolute Gasteiger partial charge is 0.330 e. The lowest BCUT2D eigenvalue weighted by Crippen LogP contribution is -2.28. The zero-order valence-corrected chi connectivity index (χ0v) is 19.8. The molecule has 0 heterocycles. The molecule has 0 radical (unpaired) electrons. The van der Waals surface area contributed by atoms with Crippen molar-refractivity contribution in [1.82, 2.24) is 0 Å². The molecule has 0 bridgehead atoms. The molecule has 0 aliphatic heterocycles. The molecule has 1 rings (SSSR count).